The standard InChI is InChI=1S/C15H24BrNS/c1-3-11-5-6-14(17-4-2)12(9-11)10-15-13(16)7-8-18-15/h7-8,11-12,14,17H,3-6,9-10H2,1-2H3. The van der Waals surface area contributed by atoms with E-state index >= 15 is 0 Å². The molecular formula is C15H24BrNS. The van der Waals surface area contributed by atoms with Gasteiger partial charge in [0.1, 0.15) is 0 Å². The molecule has 1 fully saturated rings. The summed E-state index contributed by atoms with van der Waals surface area (Å²) in [4.78, 5) is 1.53. The van der Waals surface area contributed by atoms with E-state index in [1.54, 1.807) is 0 Å². The summed E-state index contributed by atoms with van der Waals surface area (Å²) in [5.74, 6) is 1.77. The molecule has 0 aromatic carbocycles. The van der Waals surface area contributed by atoms with E-state index in [1.165, 1.54) is 41.5 Å². The molecule has 3 unspecified atom stereocenters. The van der Waals surface area contributed by atoms with Crippen LogP contribution in [-0.4, -0.2) is 12.6 Å². The fourth-order valence-electron chi connectivity index (χ4n) is 3.20. The third kappa shape index (κ3) is 3.58. The van der Waals surface area contributed by atoms with Crippen molar-refractivity contribution in [3.05, 3.63) is 20.8 Å². The van der Waals surface area contributed by atoms with Crippen LogP contribution < -0.4 is 5.32 Å². The Morgan fingerprint density at radius 3 is 2.83 bits per heavy atom. The highest BCUT2D eigenvalue weighted by atomic mass is 79.9. The lowest BCUT2D eigenvalue weighted by atomic mass is 9.75. The number of thiophene rings is 1. The van der Waals surface area contributed by atoms with Gasteiger partial charge < -0.3 is 5.32 Å². The van der Waals surface area contributed by atoms with Gasteiger partial charge in [-0.2, -0.15) is 0 Å². The summed E-state index contributed by atoms with van der Waals surface area (Å²) in [5, 5.41) is 5.90. The van der Waals surface area contributed by atoms with Crippen molar-refractivity contribution in [2.45, 2.75) is 52.0 Å². The number of hydrogen-bond acceptors (Lipinski definition) is 2. The van der Waals surface area contributed by atoms with Crippen molar-refractivity contribution in [2.24, 2.45) is 11.8 Å². The predicted octanol–water partition coefficient (Wildman–Crippen LogP) is 4.86. The SMILES string of the molecule is CCNC1CCC(CC)CC1Cc1sccc1Br. The fourth-order valence-corrected chi connectivity index (χ4v) is 4.81. The van der Waals surface area contributed by atoms with Crippen molar-refractivity contribution >= 4 is 27.3 Å². The summed E-state index contributed by atoms with van der Waals surface area (Å²) >= 11 is 5.57. The molecular weight excluding hydrogens is 306 g/mol. The molecule has 1 N–H and O–H groups in total. The fraction of sp³-hybridized carbons (Fsp3) is 0.733. The van der Waals surface area contributed by atoms with Crippen LogP contribution in [0.5, 0.6) is 0 Å². The van der Waals surface area contributed by atoms with Crippen LogP contribution in [0.3, 0.4) is 0 Å². The maximum Gasteiger partial charge on any atom is 0.0314 e. The van der Waals surface area contributed by atoms with E-state index < -0.39 is 0 Å². The number of halogens is 1. The molecule has 0 bridgehead atoms. The Bertz CT molecular complexity index is 363. The van der Waals surface area contributed by atoms with Crippen LogP contribution in [-0.2, 0) is 6.42 Å². The molecule has 1 aliphatic carbocycles. The van der Waals surface area contributed by atoms with Gasteiger partial charge in [0.05, 0.1) is 0 Å². The van der Waals surface area contributed by atoms with Gasteiger partial charge in [-0.1, -0.05) is 20.3 Å². The van der Waals surface area contributed by atoms with Gasteiger partial charge in [-0.15, -0.1) is 11.3 Å². The number of hydrogen-bond donors (Lipinski definition) is 1. The topological polar surface area (TPSA) is 12.0 Å². The Balaban J connectivity index is 2.02. The van der Waals surface area contributed by atoms with Crippen molar-refractivity contribution in [2.75, 3.05) is 6.54 Å². The van der Waals surface area contributed by atoms with Crippen LogP contribution in [0.15, 0.2) is 15.9 Å². The first-order valence-corrected chi connectivity index (χ1v) is 8.87. The molecule has 102 valence electrons. The molecule has 0 amide bonds. The van der Waals surface area contributed by atoms with Gasteiger partial charge >= 0.3 is 0 Å². The maximum absolute atomic E-state index is 3.70. The van der Waals surface area contributed by atoms with Gasteiger partial charge in [0, 0.05) is 15.4 Å². The second kappa shape index (κ2) is 7.06. The first kappa shape index (κ1) is 14.5. The summed E-state index contributed by atoms with van der Waals surface area (Å²) in [6.07, 6.45) is 6.77. The third-order valence-corrected chi connectivity index (χ3v) is 6.22. The van der Waals surface area contributed by atoms with Gasteiger partial charge in [-0.05, 0) is 71.4 Å². The summed E-state index contributed by atoms with van der Waals surface area (Å²) in [7, 11) is 0. The molecule has 1 aliphatic rings. The Morgan fingerprint density at radius 2 is 2.22 bits per heavy atom. The molecule has 0 saturated heterocycles. The van der Waals surface area contributed by atoms with Crippen LogP contribution in [0.4, 0.5) is 0 Å². The minimum atomic E-state index is 0.729. The summed E-state index contributed by atoms with van der Waals surface area (Å²) < 4.78 is 1.31. The lowest BCUT2D eigenvalue weighted by molar-refractivity contribution is 0.200. The summed E-state index contributed by atoms with van der Waals surface area (Å²) in [6.45, 7) is 5.67. The van der Waals surface area contributed by atoms with E-state index in [0.29, 0.717) is 0 Å². The van der Waals surface area contributed by atoms with E-state index in [2.05, 4.69) is 46.5 Å². The van der Waals surface area contributed by atoms with Crippen molar-refractivity contribution in [3.8, 4) is 0 Å². The van der Waals surface area contributed by atoms with E-state index in [0.717, 1.165) is 24.4 Å². The highest BCUT2D eigenvalue weighted by Crippen LogP contribution is 2.36. The molecule has 1 aromatic heterocycles. The van der Waals surface area contributed by atoms with Gasteiger partial charge in [0.2, 0.25) is 0 Å². The highest BCUT2D eigenvalue weighted by molar-refractivity contribution is 9.10. The summed E-state index contributed by atoms with van der Waals surface area (Å²) in [5.41, 5.74) is 0. The van der Waals surface area contributed by atoms with Gasteiger partial charge in [0.25, 0.3) is 0 Å². The van der Waals surface area contributed by atoms with Crippen LogP contribution in [0.25, 0.3) is 0 Å². The van der Waals surface area contributed by atoms with Crippen LogP contribution in [0.2, 0.25) is 0 Å². The number of nitrogens with one attached hydrogen (secondary N) is 1. The Hall–Kier alpha value is 0.140. The first-order valence-electron chi connectivity index (χ1n) is 7.19. The molecule has 1 aromatic rings. The van der Waals surface area contributed by atoms with Gasteiger partial charge in [-0.25, -0.2) is 0 Å². The molecule has 0 spiro atoms. The molecule has 3 heteroatoms. The molecule has 18 heavy (non-hydrogen) atoms. The molecule has 1 nitrogen and oxygen atoms in total. The van der Waals surface area contributed by atoms with E-state index in [1.807, 2.05) is 11.3 Å². The number of rotatable bonds is 5. The average molecular weight is 330 g/mol. The predicted molar refractivity (Wildman–Crippen MR) is 84.3 cm³/mol. The van der Waals surface area contributed by atoms with Gasteiger partial charge in [0.15, 0.2) is 0 Å². The van der Waals surface area contributed by atoms with Crippen LogP contribution in [0, 0.1) is 11.8 Å². The van der Waals surface area contributed by atoms with E-state index in [4.69, 9.17) is 0 Å². The summed E-state index contributed by atoms with van der Waals surface area (Å²) in [6, 6.07) is 2.91. The molecule has 0 radical (unpaired) electrons. The zero-order valence-corrected chi connectivity index (χ0v) is 13.8. The second-order valence-electron chi connectivity index (χ2n) is 5.41. The van der Waals surface area contributed by atoms with E-state index in [9.17, 15) is 0 Å². The zero-order chi connectivity index (χ0) is 13.0. The Morgan fingerprint density at radius 1 is 1.39 bits per heavy atom. The minimum Gasteiger partial charge on any atom is -0.314 e. The quantitative estimate of drug-likeness (QED) is 0.813. The van der Waals surface area contributed by atoms with Crippen molar-refractivity contribution in [3.63, 3.8) is 0 Å². The van der Waals surface area contributed by atoms with Crippen LogP contribution in [0.1, 0.15) is 44.4 Å². The highest BCUT2D eigenvalue weighted by Gasteiger charge is 2.29. The smallest absolute Gasteiger partial charge is 0.0314 e. The first-order chi connectivity index (χ1) is 8.74. The molecule has 1 heterocycles. The molecule has 1 saturated carbocycles. The monoisotopic (exact) mass is 329 g/mol. The second-order valence-corrected chi connectivity index (χ2v) is 7.26. The largest absolute Gasteiger partial charge is 0.314 e. The van der Waals surface area contributed by atoms with Crippen LogP contribution >= 0.6 is 27.3 Å². The lowest BCUT2D eigenvalue weighted by Gasteiger charge is -2.36. The Labute approximate surface area is 123 Å². The zero-order valence-electron chi connectivity index (χ0n) is 11.4. The normalized spacial score (nSPS) is 28.5. The molecule has 0 aliphatic heterocycles. The average Bonchev–Trinajstić information content (AvgIpc) is 2.77. The third-order valence-electron chi connectivity index (χ3n) is 4.27. The Kier molecular flexibility index (Phi) is 5.71. The van der Waals surface area contributed by atoms with Crippen molar-refractivity contribution in [1.82, 2.24) is 5.32 Å². The maximum atomic E-state index is 3.70. The van der Waals surface area contributed by atoms with Gasteiger partial charge in [-0.3, -0.25) is 0 Å². The lowest BCUT2D eigenvalue weighted by Crippen LogP contribution is -2.41. The van der Waals surface area contributed by atoms with E-state index in [-0.39, 0.29) is 0 Å². The van der Waals surface area contributed by atoms with Crippen molar-refractivity contribution in [1.29, 1.82) is 0 Å². The minimum absolute atomic E-state index is 0.729. The van der Waals surface area contributed by atoms with Crippen molar-refractivity contribution < 1.29 is 0 Å². The molecule has 2 rings (SSSR count). The molecule has 3 atom stereocenters.